The Balaban J connectivity index is 1.52. The van der Waals surface area contributed by atoms with Crippen LogP contribution in [-0.4, -0.2) is 27.3 Å². The molecule has 1 aliphatic heterocycles. The van der Waals surface area contributed by atoms with Gasteiger partial charge in [-0.15, -0.1) is 0 Å². The highest BCUT2D eigenvalue weighted by molar-refractivity contribution is 5.97. The SMILES string of the molecule is O=C1c2cc(Oc3ccc([N+](=O)[O-])cc3)ccc2CCN1Cc1cccnc1. The predicted octanol–water partition coefficient (Wildman–Crippen LogP) is 3.98. The third kappa shape index (κ3) is 3.68. The van der Waals surface area contributed by atoms with Gasteiger partial charge in [-0.1, -0.05) is 12.1 Å². The van der Waals surface area contributed by atoms with E-state index < -0.39 is 4.92 Å². The lowest BCUT2D eigenvalue weighted by molar-refractivity contribution is -0.384. The lowest BCUT2D eigenvalue weighted by Gasteiger charge is -2.28. The van der Waals surface area contributed by atoms with Crippen LogP contribution in [0.5, 0.6) is 11.5 Å². The fourth-order valence-corrected chi connectivity index (χ4v) is 3.20. The van der Waals surface area contributed by atoms with Crippen molar-refractivity contribution in [2.45, 2.75) is 13.0 Å². The number of hydrogen-bond acceptors (Lipinski definition) is 5. The second-order valence-electron chi connectivity index (χ2n) is 6.51. The van der Waals surface area contributed by atoms with Crippen molar-refractivity contribution in [1.29, 1.82) is 0 Å². The number of nitrogens with zero attached hydrogens (tertiary/aromatic N) is 3. The first-order valence-electron chi connectivity index (χ1n) is 8.83. The molecule has 0 spiro atoms. The van der Waals surface area contributed by atoms with Gasteiger partial charge in [0.05, 0.1) is 4.92 Å². The number of aromatic nitrogens is 1. The number of nitro benzene ring substituents is 1. The molecular weight excluding hydrogens is 358 g/mol. The van der Waals surface area contributed by atoms with E-state index in [0.717, 1.165) is 17.5 Å². The average Bonchev–Trinajstić information content (AvgIpc) is 2.72. The maximum absolute atomic E-state index is 12.9. The molecule has 0 unspecified atom stereocenters. The molecule has 1 aliphatic rings. The Bertz CT molecular complexity index is 1020. The Hall–Kier alpha value is -3.74. The lowest BCUT2D eigenvalue weighted by Crippen LogP contribution is -2.37. The van der Waals surface area contributed by atoms with Gasteiger partial charge in [-0.3, -0.25) is 19.9 Å². The molecule has 4 rings (SSSR count). The van der Waals surface area contributed by atoms with Crippen molar-refractivity contribution in [2.75, 3.05) is 6.54 Å². The fraction of sp³-hybridized carbons (Fsp3) is 0.143. The fourth-order valence-electron chi connectivity index (χ4n) is 3.20. The highest BCUT2D eigenvalue weighted by Crippen LogP contribution is 2.29. The first-order valence-corrected chi connectivity index (χ1v) is 8.83. The molecule has 28 heavy (non-hydrogen) atoms. The molecule has 0 radical (unpaired) electrons. The van der Waals surface area contributed by atoms with Crippen molar-refractivity contribution >= 4 is 11.6 Å². The van der Waals surface area contributed by atoms with E-state index in [1.165, 1.54) is 24.3 Å². The van der Waals surface area contributed by atoms with E-state index in [-0.39, 0.29) is 11.6 Å². The molecule has 1 amide bonds. The molecule has 7 heteroatoms. The predicted molar refractivity (Wildman–Crippen MR) is 102 cm³/mol. The zero-order valence-electron chi connectivity index (χ0n) is 14.9. The van der Waals surface area contributed by atoms with Crippen LogP contribution < -0.4 is 4.74 Å². The van der Waals surface area contributed by atoms with Crippen LogP contribution >= 0.6 is 0 Å². The molecule has 0 saturated heterocycles. The van der Waals surface area contributed by atoms with E-state index in [4.69, 9.17) is 4.74 Å². The summed E-state index contributed by atoms with van der Waals surface area (Å²) in [6.07, 6.45) is 4.24. The third-order valence-corrected chi connectivity index (χ3v) is 4.63. The van der Waals surface area contributed by atoms with Gasteiger partial charge in [0, 0.05) is 43.2 Å². The molecule has 0 bridgehead atoms. The van der Waals surface area contributed by atoms with Gasteiger partial charge in [0.1, 0.15) is 11.5 Å². The van der Waals surface area contributed by atoms with Crippen molar-refractivity contribution in [3.8, 4) is 11.5 Å². The summed E-state index contributed by atoms with van der Waals surface area (Å²) in [6, 6.07) is 15.1. The van der Waals surface area contributed by atoms with Gasteiger partial charge >= 0.3 is 0 Å². The number of benzene rings is 2. The number of fused-ring (bicyclic) bond motifs is 1. The van der Waals surface area contributed by atoms with Gasteiger partial charge in [-0.2, -0.15) is 0 Å². The Morgan fingerprint density at radius 2 is 1.89 bits per heavy atom. The minimum Gasteiger partial charge on any atom is -0.457 e. The maximum Gasteiger partial charge on any atom is 0.269 e. The van der Waals surface area contributed by atoms with Crippen LogP contribution in [0.25, 0.3) is 0 Å². The number of carbonyl (C=O) groups is 1. The van der Waals surface area contributed by atoms with Crippen LogP contribution in [0.15, 0.2) is 67.0 Å². The number of carbonyl (C=O) groups excluding carboxylic acids is 1. The van der Waals surface area contributed by atoms with Crippen molar-refractivity contribution in [2.24, 2.45) is 0 Å². The quantitative estimate of drug-likeness (QED) is 0.497. The maximum atomic E-state index is 12.9. The number of hydrogen-bond donors (Lipinski definition) is 0. The molecule has 2 aromatic carbocycles. The van der Waals surface area contributed by atoms with Crippen LogP contribution in [0, 0.1) is 10.1 Å². The molecular formula is C21H17N3O4. The Morgan fingerprint density at radius 1 is 1.11 bits per heavy atom. The number of rotatable bonds is 5. The zero-order valence-corrected chi connectivity index (χ0v) is 14.9. The minimum atomic E-state index is -0.460. The summed E-state index contributed by atoms with van der Waals surface area (Å²) < 4.78 is 5.78. The van der Waals surface area contributed by atoms with Crippen LogP contribution in [0.3, 0.4) is 0 Å². The second kappa shape index (κ2) is 7.48. The van der Waals surface area contributed by atoms with E-state index in [1.807, 2.05) is 24.3 Å². The number of amides is 1. The van der Waals surface area contributed by atoms with Crippen molar-refractivity contribution in [3.05, 3.63) is 93.8 Å². The van der Waals surface area contributed by atoms with Crippen molar-refractivity contribution in [3.63, 3.8) is 0 Å². The van der Waals surface area contributed by atoms with Gasteiger partial charge in [0.25, 0.3) is 11.6 Å². The topological polar surface area (TPSA) is 85.6 Å². The van der Waals surface area contributed by atoms with Crippen molar-refractivity contribution in [1.82, 2.24) is 9.88 Å². The minimum absolute atomic E-state index is 0.000915. The van der Waals surface area contributed by atoms with Gasteiger partial charge in [-0.05, 0) is 47.9 Å². The Morgan fingerprint density at radius 3 is 2.61 bits per heavy atom. The number of non-ortho nitro benzene ring substituents is 1. The van der Waals surface area contributed by atoms with Gasteiger partial charge in [0.2, 0.25) is 0 Å². The molecule has 0 saturated carbocycles. The zero-order chi connectivity index (χ0) is 19.5. The van der Waals surface area contributed by atoms with Gasteiger partial charge in [0.15, 0.2) is 0 Å². The largest absolute Gasteiger partial charge is 0.457 e. The van der Waals surface area contributed by atoms with E-state index in [9.17, 15) is 14.9 Å². The number of nitro groups is 1. The summed E-state index contributed by atoms with van der Waals surface area (Å²) in [4.78, 5) is 29.1. The summed E-state index contributed by atoms with van der Waals surface area (Å²) in [6.45, 7) is 1.17. The normalized spacial score (nSPS) is 13.1. The van der Waals surface area contributed by atoms with E-state index in [1.54, 1.807) is 23.4 Å². The molecule has 3 aromatic rings. The summed E-state index contributed by atoms with van der Waals surface area (Å²) in [7, 11) is 0. The highest BCUT2D eigenvalue weighted by Gasteiger charge is 2.25. The van der Waals surface area contributed by atoms with E-state index in [0.29, 0.717) is 30.2 Å². The van der Waals surface area contributed by atoms with Crippen LogP contribution in [0.1, 0.15) is 21.5 Å². The van der Waals surface area contributed by atoms with E-state index >= 15 is 0 Å². The molecule has 0 atom stereocenters. The molecule has 0 N–H and O–H groups in total. The van der Waals surface area contributed by atoms with Crippen LogP contribution in [0.4, 0.5) is 5.69 Å². The summed E-state index contributed by atoms with van der Waals surface area (Å²) in [5.74, 6) is 0.949. The van der Waals surface area contributed by atoms with Crippen molar-refractivity contribution < 1.29 is 14.5 Å². The first-order chi connectivity index (χ1) is 13.6. The average molecular weight is 375 g/mol. The van der Waals surface area contributed by atoms with Gasteiger partial charge in [-0.25, -0.2) is 0 Å². The summed E-state index contributed by atoms with van der Waals surface area (Å²) in [5, 5.41) is 10.7. The summed E-state index contributed by atoms with van der Waals surface area (Å²) >= 11 is 0. The molecule has 1 aromatic heterocycles. The second-order valence-corrected chi connectivity index (χ2v) is 6.51. The highest BCUT2D eigenvalue weighted by atomic mass is 16.6. The third-order valence-electron chi connectivity index (χ3n) is 4.63. The Labute approximate surface area is 161 Å². The van der Waals surface area contributed by atoms with E-state index in [2.05, 4.69) is 4.98 Å². The molecule has 0 aliphatic carbocycles. The summed E-state index contributed by atoms with van der Waals surface area (Å²) in [5.41, 5.74) is 2.59. The molecule has 2 heterocycles. The Kier molecular flexibility index (Phi) is 4.72. The monoisotopic (exact) mass is 375 g/mol. The molecule has 0 fully saturated rings. The molecule has 140 valence electrons. The standard InChI is InChI=1S/C21H17N3O4/c25-21-20-12-19(28-18-7-4-17(5-8-18)24(26)27)6-3-16(20)9-11-23(21)14-15-2-1-10-22-13-15/h1-8,10,12-13H,9,11,14H2. The smallest absolute Gasteiger partial charge is 0.269 e. The van der Waals surface area contributed by atoms with Crippen LogP contribution in [-0.2, 0) is 13.0 Å². The lowest BCUT2D eigenvalue weighted by atomic mass is 9.98. The first kappa shape index (κ1) is 17.7. The molecule has 7 nitrogen and oxygen atoms in total. The van der Waals surface area contributed by atoms with Gasteiger partial charge < -0.3 is 9.64 Å². The number of pyridine rings is 1. The van der Waals surface area contributed by atoms with Crippen LogP contribution in [0.2, 0.25) is 0 Å². The number of ether oxygens (including phenoxy) is 1.